The number of aromatic amines is 1. The van der Waals surface area contributed by atoms with Crippen molar-refractivity contribution in [3.05, 3.63) is 68.4 Å². The molecule has 1 heterocycles. The third-order valence-corrected chi connectivity index (χ3v) is 4.99. The molecule has 4 rings (SSSR count). The van der Waals surface area contributed by atoms with E-state index in [1.54, 1.807) is 6.07 Å². The Morgan fingerprint density at radius 1 is 1.16 bits per heavy atom. The van der Waals surface area contributed by atoms with Crippen molar-refractivity contribution in [3.8, 4) is 0 Å². The van der Waals surface area contributed by atoms with Gasteiger partial charge in [-0.05, 0) is 55.0 Å². The Kier molecular flexibility index (Phi) is 3.75. The molecule has 2 aromatic rings. The van der Waals surface area contributed by atoms with Gasteiger partial charge in [-0.2, -0.15) is 0 Å². The maximum Gasteiger partial charge on any atom is 0.261 e. The average Bonchev–Trinajstić information content (AvgIpc) is 2.96. The highest BCUT2D eigenvalue weighted by Gasteiger charge is 2.27. The Bertz CT molecular complexity index is 948. The molecule has 128 valence electrons. The van der Waals surface area contributed by atoms with Gasteiger partial charge in [-0.25, -0.2) is 4.39 Å². The van der Waals surface area contributed by atoms with E-state index in [2.05, 4.69) is 10.3 Å². The van der Waals surface area contributed by atoms with Gasteiger partial charge in [0.15, 0.2) is 5.78 Å². The predicted octanol–water partition coefficient (Wildman–Crippen LogP) is 2.45. The van der Waals surface area contributed by atoms with E-state index in [1.165, 1.54) is 18.2 Å². The van der Waals surface area contributed by atoms with E-state index in [1.807, 2.05) is 0 Å². The lowest BCUT2D eigenvalue weighted by Crippen LogP contribution is -2.33. The highest BCUT2D eigenvalue weighted by atomic mass is 19.1. The second-order valence-corrected chi connectivity index (χ2v) is 6.59. The number of amides is 1. The summed E-state index contributed by atoms with van der Waals surface area (Å²) >= 11 is 0. The van der Waals surface area contributed by atoms with Crippen LogP contribution in [0, 0.1) is 5.82 Å². The van der Waals surface area contributed by atoms with Crippen molar-refractivity contribution in [3.63, 3.8) is 0 Å². The van der Waals surface area contributed by atoms with Crippen molar-refractivity contribution >= 4 is 11.7 Å². The van der Waals surface area contributed by atoms with Crippen LogP contribution in [0.2, 0.25) is 0 Å². The number of rotatable bonds is 2. The molecule has 0 bridgehead atoms. The first-order valence-corrected chi connectivity index (χ1v) is 8.41. The predicted molar refractivity (Wildman–Crippen MR) is 89.3 cm³/mol. The van der Waals surface area contributed by atoms with Crippen molar-refractivity contribution in [1.82, 2.24) is 10.3 Å². The molecule has 25 heavy (non-hydrogen) atoms. The Morgan fingerprint density at radius 3 is 2.84 bits per heavy atom. The minimum atomic E-state index is -0.510. The van der Waals surface area contributed by atoms with E-state index < -0.39 is 11.5 Å². The topological polar surface area (TPSA) is 79.0 Å². The molecule has 1 aromatic heterocycles. The van der Waals surface area contributed by atoms with Crippen LogP contribution in [-0.2, 0) is 12.8 Å². The molecule has 1 amide bonds. The molecular weight excluding hydrogens is 323 g/mol. The minimum absolute atomic E-state index is 0.0479. The third-order valence-electron chi connectivity index (χ3n) is 4.99. The number of carbonyl (C=O) groups is 2. The molecule has 0 unspecified atom stereocenters. The number of benzene rings is 1. The standard InChI is InChI=1S/C19H17FN2O3/c20-11-5-6-12-10(8-11)4-7-16(12)22-19(25)14-9-13-15(21-18(14)24)2-1-3-17(13)23/h5-6,8-9,16H,1-4,7H2,(H,21,24)(H,22,25)/t16-/m1/s1. The number of H-pyrrole nitrogens is 1. The van der Waals surface area contributed by atoms with E-state index in [0.29, 0.717) is 43.4 Å². The first-order valence-electron chi connectivity index (χ1n) is 8.41. The number of ketones is 1. The van der Waals surface area contributed by atoms with Gasteiger partial charge in [0.2, 0.25) is 0 Å². The largest absolute Gasteiger partial charge is 0.345 e. The van der Waals surface area contributed by atoms with Crippen molar-refractivity contribution in [2.45, 2.75) is 38.1 Å². The number of aryl methyl sites for hydroxylation is 2. The quantitative estimate of drug-likeness (QED) is 0.881. The molecular formula is C19H17FN2O3. The minimum Gasteiger partial charge on any atom is -0.345 e. The zero-order valence-corrected chi connectivity index (χ0v) is 13.5. The Hall–Kier alpha value is -2.76. The first-order chi connectivity index (χ1) is 12.0. The van der Waals surface area contributed by atoms with Crippen LogP contribution in [0.15, 0.2) is 29.1 Å². The van der Waals surface area contributed by atoms with E-state index in [-0.39, 0.29) is 23.2 Å². The number of hydrogen-bond acceptors (Lipinski definition) is 3. The summed E-state index contributed by atoms with van der Waals surface area (Å²) in [7, 11) is 0. The highest BCUT2D eigenvalue weighted by Crippen LogP contribution is 2.31. The highest BCUT2D eigenvalue weighted by molar-refractivity contribution is 6.01. The van der Waals surface area contributed by atoms with Crippen LogP contribution in [-0.4, -0.2) is 16.7 Å². The summed E-state index contributed by atoms with van der Waals surface area (Å²) in [6.45, 7) is 0. The van der Waals surface area contributed by atoms with Gasteiger partial charge in [-0.1, -0.05) is 6.07 Å². The van der Waals surface area contributed by atoms with Gasteiger partial charge in [-0.15, -0.1) is 0 Å². The summed E-state index contributed by atoms with van der Waals surface area (Å²) in [4.78, 5) is 39.5. The van der Waals surface area contributed by atoms with Gasteiger partial charge in [0, 0.05) is 17.7 Å². The lowest BCUT2D eigenvalue weighted by molar-refractivity contribution is 0.0935. The number of aromatic nitrogens is 1. The fourth-order valence-corrected chi connectivity index (χ4v) is 3.72. The van der Waals surface area contributed by atoms with Crippen LogP contribution in [0.4, 0.5) is 4.39 Å². The number of fused-ring (bicyclic) bond motifs is 2. The van der Waals surface area contributed by atoms with Crippen molar-refractivity contribution in [2.24, 2.45) is 0 Å². The number of carbonyl (C=O) groups excluding carboxylic acids is 2. The van der Waals surface area contributed by atoms with Crippen LogP contribution in [0.1, 0.15) is 62.8 Å². The molecule has 0 saturated carbocycles. The average molecular weight is 340 g/mol. The number of halogens is 1. The molecule has 6 heteroatoms. The van der Waals surface area contributed by atoms with E-state index in [4.69, 9.17) is 0 Å². The number of nitrogens with one attached hydrogen (secondary N) is 2. The lowest BCUT2D eigenvalue weighted by Gasteiger charge is -2.17. The van der Waals surface area contributed by atoms with Gasteiger partial charge in [0.1, 0.15) is 11.4 Å². The maximum atomic E-state index is 13.3. The fourth-order valence-electron chi connectivity index (χ4n) is 3.72. The molecule has 2 N–H and O–H groups in total. The Labute approximate surface area is 143 Å². The van der Waals surface area contributed by atoms with E-state index in [9.17, 15) is 18.8 Å². The van der Waals surface area contributed by atoms with Crippen LogP contribution < -0.4 is 10.9 Å². The molecule has 0 fully saturated rings. The van der Waals surface area contributed by atoms with E-state index >= 15 is 0 Å². The summed E-state index contributed by atoms with van der Waals surface area (Å²) in [5.41, 5.74) is 2.26. The normalized spacial score (nSPS) is 18.6. The molecule has 1 atom stereocenters. The zero-order valence-electron chi connectivity index (χ0n) is 13.5. The number of pyridine rings is 1. The maximum absolute atomic E-state index is 13.3. The lowest BCUT2D eigenvalue weighted by atomic mass is 9.93. The molecule has 1 aromatic carbocycles. The molecule has 0 saturated heterocycles. The first kappa shape index (κ1) is 15.7. The summed E-state index contributed by atoms with van der Waals surface area (Å²) in [5.74, 6) is -0.854. The zero-order chi connectivity index (χ0) is 17.6. The van der Waals surface area contributed by atoms with Crippen LogP contribution in [0.25, 0.3) is 0 Å². The van der Waals surface area contributed by atoms with Crippen molar-refractivity contribution < 1.29 is 14.0 Å². The van der Waals surface area contributed by atoms with Crippen molar-refractivity contribution in [2.75, 3.05) is 0 Å². The van der Waals surface area contributed by atoms with Crippen molar-refractivity contribution in [1.29, 1.82) is 0 Å². The van der Waals surface area contributed by atoms with Gasteiger partial charge < -0.3 is 10.3 Å². The van der Waals surface area contributed by atoms with Crippen LogP contribution in [0.3, 0.4) is 0 Å². The molecule has 2 aliphatic carbocycles. The number of hydrogen-bond donors (Lipinski definition) is 2. The smallest absolute Gasteiger partial charge is 0.261 e. The summed E-state index contributed by atoms with van der Waals surface area (Å²) in [6.07, 6.45) is 3.12. The monoisotopic (exact) mass is 340 g/mol. The molecule has 0 spiro atoms. The Morgan fingerprint density at radius 2 is 2.00 bits per heavy atom. The molecule has 5 nitrogen and oxygen atoms in total. The van der Waals surface area contributed by atoms with Gasteiger partial charge in [0.05, 0.1) is 6.04 Å². The summed E-state index contributed by atoms with van der Waals surface area (Å²) < 4.78 is 13.3. The van der Waals surface area contributed by atoms with Crippen LogP contribution >= 0.6 is 0 Å². The molecule has 0 aliphatic heterocycles. The summed E-state index contributed by atoms with van der Waals surface area (Å²) in [5, 5.41) is 2.84. The van der Waals surface area contributed by atoms with E-state index in [0.717, 1.165) is 11.1 Å². The summed E-state index contributed by atoms with van der Waals surface area (Å²) in [6, 6.07) is 5.67. The fraction of sp³-hybridized carbons (Fsp3) is 0.316. The Balaban J connectivity index is 1.62. The molecule has 0 radical (unpaired) electrons. The second-order valence-electron chi connectivity index (χ2n) is 6.59. The molecule has 2 aliphatic rings. The third kappa shape index (κ3) is 2.77. The van der Waals surface area contributed by atoms with Gasteiger partial charge >= 0.3 is 0 Å². The SMILES string of the molecule is O=C1CCCc2[nH]c(=O)c(C(=O)N[C@@H]3CCc4cc(F)ccc43)cc21. The van der Waals surface area contributed by atoms with Gasteiger partial charge in [0.25, 0.3) is 11.5 Å². The second kappa shape index (κ2) is 5.95. The van der Waals surface area contributed by atoms with Crippen LogP contribution in [0.5, 0.6) is 0 Å². The van der Waals surface area contributed by atoms with Gasteiger partial charge in [-0.3, -0.25) is 14.4 Å². The number of Topliss-reactive ketones (excluding diaryl/α,β-unsaturated/α-hetero) is 1.